The van der Waals surface area contributed by atoms with E-state index in [1.54, 1.807) is 38.3 Å². The Morgan fingerprint density at radius 1 is 1.17 bits per heavy atom. The molecule has 4 heteroatoms. The number of hydrogen-bond donors (Lipinski definition) is 0. The summed E-state index contributed by atoms with van der Waals surface area (Å²) in [6.07, 6.45) is 2.36. The smallest absolute Gasteiger partial charge is 0.258 e. The van der Waals surface area contributed by atoms with Gasteiger partial charge in [-0.1, -0.05) is 24.3 Å². The number of carbonyl (C=O) groups is 1. The summed E-state index contributed by atoms with van der Waals surface area (Å²) < 4.78 is 10.8. The van der Waals surface area contributed by atoms with Crippen LogP contribution < -0.4 is 14.4 Å². The first kappa shape index (κ1) is 16.6. The zero-order chi connectivity index (χ0) is 16.8. The average molecular weight is 311 g/mol. The molecule has 2 aromatic rings. The molecule has 0 saturated heterocycles. The van der Waals surface area contributed by atoms with Gasteiger partial charge in [0, 0.05) is 23.9 Å². The predicted octanol–water partition coefficient (Wildman–Crippen LogP) is 3.71. The van der Waals surface area contributed by atoms with Crippen LogP contribution in [-0.4, -0.2) is 27.2 Å². The molecule has 120 valence electrons. The fourth-order valence-corrected chi connectivity index (χ4v) is 2.44. The maximum absolute atomic E-state index is 12.8. The molecule has 0 fully saturated rings. The van der Waals surface area contributed by atoms with Crippen molar-refractivity contribution in [1.29, 1.82) is 0 Å². The Morgan fingerprint density at radius 2 is 1.87 bits per heavy atom. The van der Waals surface area contributed by atoms with Crippen molar-refractivity contribution < 1.29 is 14.3 Å². The van der Waals surface area contributed by atoms with Crippen LogP contribution in [0.5, 0.6) is 11.5 Å². The summed E-state index contributed by atoms with van der Waals surface area (Å²) in [4.78, 5) is 14.4. The van der Waals surface area contributed by atoms with Crippen molar-refractivity contribution in [1.82, 2.24) is 0 Å². The molecule has 0 aliphatic carbocycles. The van der Waals surface area contributed by atoms with E-state index in [1.807, 2.05) is 36.4 Å². The van der Waals surface area contributed by atoms with Crippen LogP contribution in [0, 0.1) is 0 Å². The zero-order valence-electron chi connectivity index (χ0n) is 13.7. The molecule has 0 spiro atoms. The highest BCUT2D eigenvalue weighted by Gasteiger charge is 2.19. The van der Waals surface area contributed by atoms with Gasteiger partial charge in [0.25, 0.3) is 5.91 Å². The van der Waals surface area contributed by atoms with Gasteiger partial charge in [-0.15, -0.1) is 6.58 Å². The number of nitrogens with zero attached hydrogens (tertiary/aromatic N) is 1. The standard InChI is InChI=1S/C19H21NO3/c1-5-9-14-12-15(13-17(22-3)18(14)23-4)19(21)20(2)16-10-7-6-8-11-16/h5-8,10-13H,1,9H2,2-4H3. The minimum atomic E-state index is -0.109. The van der Waals surface area contributed by atoms with Gasteiger partial charge in [0.15, 0.2) is 11.5 Å². The summed E-state index contributed by atoms with van der Waals surface area (Å²) in [7, 11) is 4.90. The molecule has 2 rings (SSSR count). The second-order valence-electron chi connectivity index (χ2n) is 5.06. The van der Waals surface area contributed by atoms with E-state index in [-0.39, 0.29) is 5.91 Å². The van der Waals surface area contributed by atoms with E-state index in [2.05, 4.69) is 6.58 Å². The van der Waals surface area contributed by atoms with Crippen molar-refractivity contribution in [3.8, 4) is 11.5 Å². The van der Waals surface area contributed by atoms with Crippen LogP contribution in [0.3, 0.4) is 0 Å². The van der Waals surface area contributed by atoms with Crippen molar-refractivity contribution >= 4 is 11.6 Å². The van der Waals surface area contributed by atoms with Crippen LogP contribution in [0.4, 0.5) is 5.69 Å². The normalized spacial score (nSPS) is 10.0. The fourth-order valence-electron chi connectivity index (χ4n) is 2.44. The van der Waals surface area contributed by atoms with E-state index >= 15 is 0 Å². The highest BCUT2D eigenvalue weighted by molar-refractivity contribution is 6.06. The van der Waals surface area contributed by atoms with Gasteiger partial charge in [-0.2, -0.15) is 0 Å². The molecule has 0 aromatic heterocycles. The summed E-state index contributed by atoms with van der Waals surface area (Å²) >= 11 is 0. The van der Waals surface area contributed by atoms with E-state index in [0.29, 0.717) is 23.5 Å². The van der Waals surface area contributed by atoms with Gasteiger partial charge < -0.3 is 14.4 Å². The molecular formula is C19H21NO3. The third-order valence-corrected chi connectivity index (χ3v) is 3.62. The molecule has 0 bridgehead atoms. The second-order valence-corrected chi connectivity index (χ2v) is 5.06. The van der Waals surface area contributed by atoms with E-state index in [9.17, 15) is 4.79 Å². The van der Waals surface area contributed by atoms with E-state index in [4.69, 9.17) is 9.47 Å². The summed E-state index contributed by atoms with van der Waals surface area (Å²) in [6, 6.07) is 13.0. The molecule has 0 unspecified atom stereocenters. The van der Waals surface area contributed by atoms with Crippen LogP contribution in [-0.2, 0) is 6.42 Å². The van der Waals surface area contributed by atoms with Gasteiger partial charge in [-0.25, -0.2) is 0 Å². The summed E-state index contributed by atoms with van der Waals surface area (Å²) in [5.74, 6) is 1.06. The van der Waals surface area contributed by atoms with Crippen LogP contribution in [0.25, 0.3) is 0 Å². The number of para-hydroxylation sites is 1. The van der Waals surface area contributed by atoms with Crippen LogP contribution in [0.1, 0.15) is 15.9 Å². The van der Waals surface area contributed by atoms with Gasteiger partial charge in [0.05, 0.1) is 14.2 Å². The van der Waals surface area contributed by atoms with Gasteiger partial charge in [0.1, 0.15) is 0 Å². The highest BCUT2D eigenvalue weighted by atomic mass is 16.5. The molecule has 0 N–H and O–H groups in total. The maximum atomic E-state index is 12.8. The van der Waals surface area contributed by atoms with Crippen molar-refractivity contribution in [2.45, 2.75) is 6.42 Å². The number of rotatable bonds is 6. The molecule has 0 saturated carbocycles. The van der Waals surface area contributed by atoms with Gasteiger partial charge in [0.2, 0.25) is 0 Å². The lowest BCUT2D eigenvalue weighted by Gasteiger charge is -2.19. The van der Waals surface area contributed by atoms with Gasteiger partial charge >= 0.3 is 0 Å². The van der Waals surface area contributed by atoms with Crippen molar-refractivity contribution in [3.05, 3.63) is 66.2 Å². The molecule has 23 heavy (non-hydrogen) atoms. The number of anilines is 1. The van der Waals surface area contributed by atoms with Crippen molar-refractivity contribution in [2.75, 3.05) is 26.2 Å². The van der Waals surface area contributed by atoms with Crippen LogP contribution >= 0.6 is 0 Å². The van der Waals surface area contributed by atoms with E-state index in [1.165, 1.54) is 0 Å². The highest BCUT2D eigenvalue weighted by Crippen LogP contribution is 2.33. The summed E-state index contributed by atoms with van der Waals surface area (Å²) in [5.41, 5.74) is 2.25. The molecule has 1 amide bonds. The maximum Gasteiger partial charge on any atom is 0.258 e. The zero-order valence-corrected chi connectivity index (χ0v) is 13.7. The number of hydrogen-bond acceptors (Lipinski definition) is 3. The number of methoxy groups -OCH3 is 2. The first-order valence-corrected chi connectivity index (χ1v) is 7.31. The number of carbonyl (C=O) groups excluding carboxylic acids is 1. The number of amides is 1. The van der Waals surface area contributed by atoms with E-state index in [0.717, 1.165) is 11.3 Å². The lowest BCUT2D eigenvalue weighted by Crippen LogP contribution is -2.26. The van der Waals surface area contributed by atoms with Crippen LogP contribution in [0.2, 0.25) is 0 Å². The molecule has 0 atom stereocenters. The van der Waals surface area contributed by atoms with Crippen molar-refractivity contribution in [3.63, 3.8) is 0 Å². The molecule has 2 aromatic carbocycles. The Labute approximate surface area is 137 Å². The van der Waals surface area contributed by atoms with E-state index < -0.39 is 0 Å². The minimum absolute atomic E-state index is 0.109. The number of ether oxygens (including phenoxy) is 2. The first-order valence-electron chi connectivity index (χ1n) is 7.31. The number of benzene rings is 2. The van der Waals surface area contributed by atoms with Crippen LogP contribution in [0.15, 0.2) is 55.1 Å². The Kier molecular flexibility index (Phi) is 5.41. The third-order valence-electron chi connectivity index (χ3n) is 3.62. The monoisotopic (exact) mass is 311 g/mol. The summed E-state index contributed by atoms with van der Waals surface area (Å²) in [5, 5.41) is 0. The third kappa shape index (κ3) is 3.54. The number of allylic oxidation sites excluding steroid dienone is 1. The molecule has 4 nitrogen and oxygen atoms in total. The summed E-state index contributed by atoms with van der Waals surface area (Å²) in [6.45, 7) is 3.75. The Balaban J connectivity index is 2.44. The van der Waals surface area contributed by atoms with Gasteiger partial charge in [-0.3, -0.25) is 4.79 Å². The lowest BCUT2D eigenvalue weighted by molar-refractivity contribution is 0.0992. The van der Waals surface area contributed by atoms with Crippen molar-refractivity contribution in [2.24, 2.45) is 0 Å². The SMILES string of the molecule is C=CCc1cc(C(=O)N(C)c2ccccc2)cc(OC)c1OC. The fraction of sp³-hybridized carbons (Fsp3) is 0.211. The first-order chi connectivity index (χ1) is 11.1. The largest absolute Gasteiger partial charge is 0.493 e. The van der Waals surface area contributed by atoms with Gasteiger partial charge in [-0.05, 0) is 30.7 Å². The average Bonchev–Trinajstić information content (AvgIpc) is 2.60. The predicted molar refractivity (Wildman–Crippen MR) is 92.6 cm³/mol. The quantitative estimate of drug-likeness (QED) is 0.763. The minimum Gasteiger partial charge on any atom is -0.493 e. The Hall–Kier alpha value is -2.75. The lowest BCUT2D eigenvalue weighted by atomic mass is 10.0. The Bertz CT molecular complexity index is 695. The molecule has 0 aliphatic rings. The molecule has 0 radical (unpaired) electrons. The second kappa shape index (κ2) is 7.49. The molecule has 0 heterocycles. The topological polar surface area (TPSA) is 38.8 Å². The molecule has 0 aliphatic heterocycles. The molecular weight excluding hydrogens is 290 g/mol. The Morgan fingerprint density at radius 3 is 2.43 bits per heavy atom.